The first-order valence-electron chi connectivity index (χ1n) is 5.56. The number of nitrogens with zero attached hydrogens (tertiary/aromatic N) is 1. The van der Waals surface area contributed by atoms with Crippen LogP contribution in [0.15, 0.2) is 24.3 Å². The van der Waals surface area contributed by atoms with Crippen LogP contribution in [0.3, 0.4) is 0 Å². The highest BCUT2D eigenvalue weighted by Crippen LogP contribution is 2.14. The molecule has 1 fully saturated rings. The van der Waals surface area contributed by atoms with Gasteiger partial charge in [0.15, 0.2) is 0 Å². The third-order valence-electron chi connectivity index (χ3n) is 2.71. The topological polar surface area (TPSA) is 69.6 Å². The van der Waals surface area contributed by atoms with Crippen molar-refractivity contribution in [3.8, 4) is 5.75 Å². The third-order valence-corrected chi connectivity index (χ3v) is 2.71. The lowest BCUT2D eigenvalue weighted by molar-refractivity contribution is -0.142. The summed E-state index contributed by atoms with van der Waals surface area (Å²) >= 11 is 0. The molecular formula is C12H14N2O3. The van der Waals surface area contributed by atoms with Gasteiger partial charge in [-0.15, -0.1) is 0 Å². The molecule has 0 aromatic heterocycles. The number of benzene rings is 1. The van der Waals surface area contributed by atoms with Crippen LogP contribution in [0.25, 0.3) is 0 Å². The van der Waals surface area contributed by atoms with Crippen LogP contribution in [0.2, 0.25) is 0 Å². The first-order valence-corrected chi connectivity index (χ1v) is 5.56. The Bertz CT molecular complexity index is 422. The number of amides is 2. The molecule has 2 rings (SSSR count). The molecule has 0 aliphatic carbocycles. The minimum Gasteiger partial charge on any atom is -0.508 e. The highest BCUT2D eigenvalue weighted by atomic mass is 16.3. The lowest BCUT2D eigenvalue weighted by Crippen LogP contribution is -2.37. The van der Waals surface area contributed by atoms with E-state index in [0.717, 1.165) is 12.8 Å². The lowest BCUT2D eigenvalue weighted by atomic mass is 10.3. The Morgan fingerprint density at radius 2 is 1.71 bits per heavy atom. The molecule has 1 aliphatic heterocycles. The number of carbonyl (C=O) groups is 2. The highest BCUT2D eigenvalue weighted by molar-refractivity contribution is 6.39. The fourth-order valence-corrected chi connectivity index (χ4v) is 1.79. The van der Waals surface area contributed by atoms with Crippen molar-refractivity contribution in [1.82, 2.24) is 4.90 Å². The molecule has 0 bridgehead atoms. The molecular weight excluding hydrogens is 220 g/mol. The van der Waals surface area contributed by atoms with E-state index in [1.54, 1.807) is 17.0 Å². The molecule has 90 valence electrons. The van der Waals surface area contributed by atoms with Crippen LogP contribution in [0.4, 0.5) is 5.69 Å². The average molecular weight is 234 g/mol. The van der Waals surface area contributed by atoms with Crippen molar-refractivity contribution in [2.45, 2.75) is 12.8 Å². The fourth-order valence-electron chi connectivity index (χ4n) is 1.79. The molecule has 0 saturated carbocycles. The highest BCUT2D eigenvalue weighted by Gasteiger charge is 2.24. The van der Waals surface area contributed by atoms with Gasteiger partial charge in [0, 0.05) is 18.8 Å². The molecule has 1 aromatic carbocycles. The number of hydrogen-bond acceptors (Lipinski definition) is 3. The Labute approximate surface area is 99.0 Å². The standard InChI is InChI=1S/C12H14N2O3/c15-10-5-3-9(4-6-10)13-11(16)12(17)14-7-1-2-8-14/h3-6,15H,1-2,7-8H2,(H,13,16). The summed E-state index contributed by atoms with van der Waals surface area (Å²) in [6, 6.07) is 6.00. The van der Waals surface area contributed by atoms with Crippen LogP contribution < -0.4 is 5.32 Å². The molecule has 1 aromatic rings. The van der Waals surface area contributed by atoms with E-state index in [9.17, 15) is 9.59 Å². The van der Waals surface area contributed by atoms with Gasteiger partial charge >= 0.3 is 11.8 Å². The van der Waals surface area contributed by atoms with Crippen molar-refractivity contribution in [1.29, 1.82) is 0 Å². The second-order valence-electron chi connectivity index (χ2n) is 4.00. The Hall–Kier alpha value is -2.04. The van der Waals surface area contributed by atoms with E-state index in [1.165, 1.54) is 12.1 Å². The van der Waals surface area contributed by atoms with Gasteiger partial charge in [-0.3, -0.25) is 9.59 Å². The summed E-state index contributed by atoms with van der Waals surface area (Å²) in [6.45, 7) is 1.31. The van der Waals surface area contributed by atoms with Gasteiger partial charge < -0.3 is 15.3 Å². The molecule has 0 unspecified atom stereocenters. The molecule has 5 nitrogen and oxygen atoms in total. The Balaban J connectivity index is 1.96. The monoisotopic (exact) mass is 234 g/mol. The van der Waals surface area contributed by atoms with Crippen molar-refractivity contribution in [2.24, 2.45) is 0 Å². The summed E-state index contributed by atoms with van der Waals surface area (Å²) in [5.74, 6) is -0.998. The number of carbonyl (C=O) groups excluding carboxylic acids is 2. The fraction of sp³-hybridized carbons (Fsp3) is 0.333. The van der Waals surface area contributed by atoms with Gasteiger partial charge in [-0.25, -0.2) is 0 Å². The Morgan fingerprint density at radius 1 is 1.12 bits per heavy atom. The van der Waals surface area contributed by atoms with E-state index in [4.69, 9.17) is 5.11 Å². The number of aromatic hydroxyl groups is 1. The van der Waals surface area contributed by atoms with Crippen molar-refractivity contribution < 1.29 is 14.7 Å². The third kappa shape index (κ3) is 2.75. The minimum absolute atomic E-state index is 0.119. The van der Waals surface area contributed by atoms with E-state index in [0.29, 0.717) is 18.8 Å². The first-order chi connectivity index (χ1) is 8.16. The predicted molar refractivity (Wildman–Crippen MR) is 62.6 cm³/mol. The molecule has 5 heteroatoms. The van der Waals surface area contributed by atoms with Gasteiger partial charge in [-0.05, 0) is 37.1 Å². The van der Waals surface area contributed by atoms with Crippen molar-refractivity contribution in [2.75, 3.05) is 18.4 Å². The summed E-state index contributed by atoms with van der Waals surface area (Å²) in [4.78, 5) is 24.9. The van der Waals surface area contributed by atoms with Crippen molar-refractivity contribution in [3.63, 3.8) is 0 Å². The smallest absolute Gasteiger partial charge is 0.313 e. The summed E-state index contributed by atoms with van der Waals surface area (Å²) in [6.07, 6.45) is 1.91. The van der Waals surface area contributed by atoms with E-state index >= 15 is 0 Å². The van der Waals surface area contributed by atoms with Gasteiger partial charge in [-0.2, -0.15) is 0 Å². The van der Waals surface area contributed by atoms with E-state index < -0.39 is 11.8 Å². The zero-order chi connectivity index (χ0) is 12.3. The maximum Gasteiger partial charge on any atom is 0.313 e. The summed E-state index contributed by atoms with van der Waals surface area (Å²) in [5.41, 5.74) is 0.500. The quantitative estimate of drug-likeness (QED) is 0.561. The molecule has 0 atom stereocenters. The van der Waals surface area contributed by atoms with Crippen molar-refractivity contribution in [3.05, 3.63) is 24.3 Å². The lowest BCUT2D eigenvalue weighted by Gasteiger charge is -2.14. The maximum atomic E-state index is 11.7. The molecule has 2 amide bonds. The van der Waals surface area contributed by atoms with Crippen LogP contribution in [-0.4, -0.2) is 34.9 Å². The number of likely N-dealkylation sites (tertiary alicyclic amines) is 1. The predicted octanol–water partition coefficient (Wildman–Crippen LogP) is 0.953. The van der Waals surface area contributed by atoms with Gasteiger partial charge in [0.05, 0.1) is 0 Å². The number of rotatable bonds is 1. The molecule has 0 spiro atoms. The Morgan fingerprint density at radius 3 is 2.29 bits per heavy atom. The van der Waals surface area contributed by atoms with Crippen LogP contribution in [-0.2, 0) is 9.59 Å². The molecule has 0 radical (unpaired) electrons. The molecule has 1 heterocycles. The number of hydrogen-bond donors (Lipinski definition) is 2. The van der Waals surface area contributed by atoms with Gasteiger partial charge in [-0.1, -0.05) is 0 Å². The zero-order valence-corrected chi connectivity index (χ0v) is 9.35. The zero-order valence-electron chi connectivity index (χ0n) is 9.35. The van der Waals surface area contributed by atoms with Gasteiger partial charge in [0.2, 0.25) is 0 Å². The SMILES string of the molecule is O=C(Nc1ccc(O)cc1)C(=O)N1CCCC1. The van der Waals surface area contributed by atoms with Crippen LogP contribution in [0.5, 0.6) is 5.75 Å². The average Bonchev–Trinajstić information content (AvgIpc) is 2.84. The van der Waals surface area contributed by atoms with E-state index in [-0.39, 0.29) is 5.75 Å². The largest absolute Gasteiger partial charge is 0.508 e. The minimum atomic E-state index is -0.627. The second-order valence-corrected chi connectivity index (χ2v) is 4.00. The van der Waals surface area contributed by atoms with E-state index in [1.807, 2.05) is 0 Å². The molecule has 17 heavy (non-hydrogen) atoms. The second kappa shape index (κ2) is 4.86. The maximum absolute atomic E-state index is 11.7. The number of phenols is 1. The van der Waals surface area contributed by atoms with Gasteiger partial charge in [0.1, 0.15) is 5.75 Å². The summed E-state index contributed by atoms with van der Waals surface area (Å²) < 4.78 is 0. The number of phenolic OH excluding ortho intramolecular Hbond substituents is 1. The number of anilines is 1. The van der Waals surface area contributed by atoms with Crippen LogP contribution in [0, 0.1) is 0 Å². The summed E-state index contributed by atoms with van der Waals surface area (Å²) in [7, 11) is 0. The Kier molecular flexibility index (Phi) is 3.27. The molecule has 1 saturated heterocycles. The van der Waals surface area contributed by atoms with Crippen LogP contribution in [0.1, 0.15) is 12.8 Å². The van der Waals surface area contributed by atoms with Gasteiger partial charge in [0.25, 0.3) is 0 Å². The van der Waals surface area contributed by atoms with E-state index in [2.05, 4.69) is 5.32 Å². The summed E-state index contributed by atoms with van der Waals surface area (Å²) in [5, 5.41) is 11.6. The van der Waals surface area contributed by atoms with Crippen LogP contribution >= 0.6 is 0 Å². The molecule has 2 N–H and O–H groups in total. The number of nitrogens with one attached hydrogen (secondary N) is 1. The normalized spacial score (nSPS) is 14.7. The van der Waals surface area contributed by atoms with Crippen molar-refractivity contribution >= 4 is 17.5 Å². The molecule has 1 aliphatic rings. The first kappa shape index (κ1) is 11.4.